The third kappa shape index (κ3) is 2.19. The van der Waals surface area contributed by atoms with Crippen LogP contribution in [0, 0.1) is 0 Å². The van der Waals surface area contributed by atoms with E-state index in [-0.39, 0.29) is 26.7 Å². The monoisotopic (exact) mass is 407 g/mol. The van der Waals surface area contributed by atoms with E-state index in [1.165, 1.54) is 18.2 Å². The summed E-state index contributed by atoms with van der Waals surface area (Å²) in [5.74, 6) is 0. The molecule has 2 aliphatic carbocycles. The molecule has 7 nitrogen and oxygen atoms in total. The summed E-state index contributed by atoms with van der Waals surface area (Å²) in [5.41, 5.74) is 7.80. The Hall–Kier alpha value is -2.69. The molecule has 0 aliphatic heterocycles. The minimum Gasteiger partial charge on any atom is -0.398 e. The standard InChI is InChI=1S/C16H9NO6S3/c17-11-5-12(24(18)19)8-3-4-10-14(26(22)23)6-13(25(20)21)9-2-1-7(11)15(8)16(9)10/h1-5H,6,17H2. The highest BCUT2D eigenvalue weighted by molar-refractivity contribution is 7.75. The van der Waals surface area contributed by atoms with E-state index in [9.17, 15) is 25.3 Å². The topological polar surface area (TPSA) is 128 Å². The minimum absolute atomic E-state index is 0.0288. The number of allylic oxidation sites excluding steroid dienone is 1. The number of nitrogens with two attached hydrogens (primary N) is 1. The van der Waals surface area contributed by atoms with E-state index < -0.39 is 30.9 Å². The van der Waals surface area contributed by atoms with Crippen LogP contribution < -0.4 is 5.73 Å². The van der Waals surface area contributed by atoms with E-state index in [0.717, 1.165) is 0 Å². The highest BCUT2D eigenvalue weighted by Crippen LogP contribution is 2.38. The molecule has 0 amide bonds. The van der Waals surface area contributed by atoms with Crippen molar-refractivity contribution in [2.45, 2.75) is 6.42 Å². The molecule has 0 bridgehead atoms. The molecule has 0 aromatic heterocycles. The van der Waals surface area contributed by atoms with Gasteiger partial charge < -0.3 is 5.73 Å². The molecule has 0 heterocycles. The number of hydrogen-bond acceptors (Lipinski definition) is 7. The Morgan fingerprint density at radius 3 is 1.62 bits per heavy atom. The predicted molar refractivity (Wildman–Crippen MR) is 99.8 cm³/mol. The molecule has 2 aromatic rings. The molecule has 0 fully saturated rings. The Kier molecular flexibility index (Phi) is 3.65. The van der Waals surface area contributed by atoms with Gasteiger partial charge in [-0.25, -0.2) is 0 Å². The Morgan fingerprint density at radius 1 is 0.654 bits per heavy atom. The third-order valence-electron chi connectivity index (χ3n) is 4.53. The highest BCUT2D eigenvalue weighted by Gasteiger charge is 2.29. The van der Waals surface area contributed by atoms with Gasteiger partial charge in [0.2, 0.25) is 30.9 Å². The van der Waals surface area contributed by atoms with E-state index in [1.807, 2.05) is 0 Å². The Bertz CT molecular complexity index is 1430. The van der Waals surface area contributed by atoms with Gasteiger partial charge in [-0.05, 0) is 6.08 Å². The van der Waals surface area contributed by atoms with Gasteiger partial charge in [0.05, 0.1) is 9.73 Å². The quantitative estimate of drug-likeness (QED) is 0.597. The molecule has 10 heteroatoms. The lowest BCUT2D eigenvalue weighted by molar-refractivity contribution is 0.625. The second kappa shape index (κ2) is 5.66. The molecular weight excluding hydrogens is 398 g/mol. The maximum atomic E-state index is 11.7. The molecule has 4 rings (SSSR count). The summed E-state index contributed by atoms with van der Waals surface area (Å²) >= 11 is 0. The van der Waals surface area contributed by atoms with Crippen molar-refractivity contribution in [3.05, 3.63) is 52.6 Å². The zero-order chi connectivity index (χ0) is 18.7. The lowest BCUT2D eigenvalue weighted by Gasteiger charge is -2.24. The van der Waals surface area contributed by atoms with Crippen LogP contribution in [0.1, 0.15) is 28.7 Å². The second-order valence-corrected chi connectivity index (χ2v) is 8.60. The molecule has 2 N–H and O–H groups in total. The average molecular weight is 407 g/mol. The maximum Gasteiger partial charge on any atom is 0.222 e. The van der Waals surface area contributed by atoms with Gasteiger partial charge in [0.1, 0.15) is 4.86 Å². The van der Waals surface area contributed by atoms with E-state index in [4.69, 9.17) is 5.73 Å². The summed E-state index contributed by atoms with van der Waals surface area (Å²) in [6.45, 7) is 0. The molecule has 2 aromatic carbocycles. The first-order chi connectivity index (χ1) is 12.3. The van der Waals surface area contributed by atoms with Gasteiger partial charge >= 0.3 is 0 Å². The fourth-order valence-electron chi connectivity index (χ4n) is 3.47. The fourth-order valence-corrected chi connectivity index (χ4v) is 5.36. The first kappa shape index (κ1) is 16.8. The Labute approximate surface area is 152 Å². The van der Waals surface area contributed by atoms with Crippen molar-refractivity contribution in [3.8, 4) is 0 Å². The first-order valence-corrected chi connectivity index (χ1v) is 10.5. The third-order valence-corrected chi connectivity index (χ3v) is 6.76. The fraction of sp³-hybridized carbons (Fsp3) is 0.0625. The summed E-state index contributed by atoms with van der Waals surface area (Å²) in [5, 5.41) is 0.813. The SMILES string of the molecule is NC1=CC(=S(=O)=O)c2ccc3c4c(ccc1c24)C(=S(=O)=O)CC3=S(=O)=O. The van der Waals surface area contributed by atoms with Crippen molar-refractivity contribution >= 4 is 61.9 Å². The highest BCUT2D eigenvalue weighted by atomic mass is 32.2. The Balaban J connectivity index is 2.39. The molecule has 0 radical (unpaired) electrons. The molecule has 132 valence electrons. The van der Waals surface area contributed by atoms with Gasteiger partial charge in [0.25, 0.3) is 0 Å². The zero-order valence-corrected chi connectivity index (χ0v) is 15.3. The van der Waals surface area contributed by atoms with Crippen LogP contribution in [0.4, 0.5) is 0 Å². The van der Waals surface area contributed by atoms with Gasteiger partial charge in [0, 0.05) is 45.1 Å². The van der Waals surface area contributed by atoms with Crippen LogP contribution in [0.3, 0.4) is 0 Å². The summed E-state index contributed by atoms with van der Waals surface area (Å²) in [7, 11) is -7.82. The van der Waals surface area contributed by atoms with Gasteiger partial charge in [0.15, 0.2) is 0 Å². The molecule has 0 unspecified atom stereocenters. The van der Waals surface area contributed by atoms with Crippen molar-refractivity contribution in [1.29, 1.82) is 0 Å². The van der Waals surface area contributed by atoms with Crippen LogP contribution >= 0.6 is 0 Å². The normalized spacial score (nSPS) is 15.1. The number of hydrogen-bond donors (Lipinski definition) is 1. The van der Waals surface area contributed by atoms with Crippen molar-refractivity contribution in [3.63, 3.8) is 0 Å². The van der Waals surface area contributed by atoms with E-state index in [0.29, 0.717) is 33.0 Å². The molecule has 26 heavy (non-hydrogen) atoms. The summed E-state index contributed by atoms with van der Waals surface area (Å²) in [4.78, 5) is -0.143. The molecule has 2 aliphatic rings. The van der Waals surface area contributed by atoms with Gasteiger partial charge in [-0.1, -0.05) is 24.3 Å². The van der Waals surface area contributed by atoms with Crippen molar-refractivity contribution in [2.24, 2.45) is 5.73 Å². The Morgan fingerprint density at radius 2 is 1.12 bits per heavy atom. The van der Waals surface area contributed by atoms with E-state index in [1.54, 1.807) is 12.1 Å². The predicted octanol–water partition coefficient (Wildman–Crippen LogP) is -0.244. The van der Waals surface area contributed by atoms with Crippen LogP contribution in [0.25, 0.3) is 16.5 Å². The maximum absolute atomic E-state index is 11.7. The van der Waals surface area contributed by atoms with Gasteiger partial charge in [-0.2, -0.15) is 25.3 Å². The van der Waals surface area contributed by atoms with Crippen molar-refractivity contribution < 1.29 is 25.3 Å². The van der Waals surface area contributed by atoms with Crippen LogP contribution in [0.2, 0.25) is 0 Å². The number of benzene rings is 2. The molecule has 0 saturated heterocycles. The molecular formula is C16H9NO6S3. The number of rotatable bonds is 0. The zero-order valence-electron chi connectivity index (χ0n) is 12.8. The largest absolute Gasteiger partial charge is 0.398 e. The van der Waals surface area contributed by atoms with Crippen LogP contribution in [-0.4, -0.2) is 39.8 Å². The van der Waals surface area contributed by atoms with Crippen molar-refractivity contribution in [1.82, 2.24) is 0 Å². The van der Waals surface area contributed by atoms with Crippen LogP contribution in [0.15, 0.2) is 30.3 Å². The smallest absolute Gasteiger partial charge is 0.222 e. The van der Waals surface area contributed by atoms with E-state index >= 15 is 0 Å². The summed E-state index contributed by atoms with van der Waals surface area (Å²) in [6.07, 6.45) is 1.08. The van der Waals surface area contributed by atoms with Crippen LogP contribution in [-0.2, 0) is 30.9 Å². The van der Waals surface area contributed by atoms with Gasteiger partial charge in [-0.15, -0.1) is 0 Å². The van der Waals surface area contributed by atoms with Crippen molar-refractivity contribution in [2.75, 3.05) is 0 Å². The van der Waals surface area contributed by atoms with E-state index in [2.05, 4.69) is 0 Å². The van der Waals surface area contributed by atoms with Gasteiger partial charge in [-0.3, -0.25) is 0 Å². The lowest BCUT2D eigenvalue weighted by Crippen LogP contribution is -2.22. The summed E-state index contributed by atoms with van der Waals surface area (Å²) < 4.78 is 69.9. The first-order valence-electron chi connectivity index (χ1n) is 7.26. The molecule has 0 spiro atoms. The molecule has 0 atom stereocenters. The average Bonchev–Trinajstić information content (AvgIpc) is 2.59. The molecule has 0 saturated carbocycles. The lowest BCUT2D eigenvalue weighted by atomic mass is 9.81. The second-order valence-electron chi connectivity index (χ2n) is 5.76. The minimum atomic E-state index is -2.63. The summed E-state index contributed by atoms with van der Waals surface area (Å²) in [6, 6.07) is 6.21. The van der Waals surface area contributed by atoms with Crippen LogP contribution in [0.5, 0.6) is 0 Å².